The Morgan fingerprint density at radius 1 is 0.327 bits per heavy atom. The van der Waals surface area contributed by atoms with Crippen molar-refractivity contribution in [3.63, 3.8) is 0 Å². The molecular formula is C48H27NOS2. The van der Waals surface area contributed by atoms with Gasteiger partial charge in [0.1, 0.15) is 11.2 Å². The fraction of sp³-hybridized carbons (Fsp3) is 0. The monoisotopic (exact) mass is 697 g/mol. The smallest absolute Gasteiger partial charge is 0.137 e. The lowest BCUT2D eigenvalue weighted by Crippen LogP contribution is -1.93. The fourth-order valence-corrected chi connectivity index (χ4v) is 10.6. The van der Waals surface area contributed by atoms with Crippen LogP contribution in [-0.4, -0.2) is 4.57 Å². The second kappa shape index (κ2) is 10.7. The quantitative estimate of drug-likeness (QED) is 0.180. The van der Waals surface area contributed by atoms with E-state index < -0.39 is 0 Å². The highest BCUT2D eigenvalue weighted by atomic mass is 32.1. The first-order chi connectivity index (χ1) is 25.7. The van der Waals surface area contributed by atoms with Gasteiger partial charge in [0.2, 0.25) is 0 Å². The Labute approximate surface area is 306 Å². The molecular weight excluding hydrogens is 671 g/mol. The molecule has 0 saturated heterocycles. The molecule has 0 N–H and O–H groups in total. The van der Waals surface area contributed by atoms with Gasteiger partial charge in [-0.2, -0.15) is 0 Å². The largest absolute Gasteiger partial charge is 0.456 e. The lowest BCUT2D eigenvalue weighted by atomic mass is 10.0. The van der Waals surface area contributed by atoms with Gasteiger partial charge in [0, 0.05) is 73.6 Å². The van der Waals surface area contributed by atoms with Crippen LogP contribution < -0.4 is 0 Å². The molecule has 0 aliphatic carbocycles. The first-order valence-electron chi connectivity index (χ1n) is 17.6. The normalized spacial score (nSPS) is 12.2. The van der Waals surface area contributed by atoms with Crippen molar-refractivity contribution in [2.75, 3.05) is 0 Å². The molecule has 0 unspecified atom stereocenters. The van der Waals surface area contributed by atoms with Crippen molar-refractivity contribution < 1.29 is 4.42 Å². The molecule has 4 heterocycles. The first kappa shape index (κ1) is 28.5. The van der Waals surface area contributed by atoms with Gasteiger partial charge < -0.3 is 8.98 Å². The van der Waals surface area contributed by atoms with Crippen LogP contribution in [0.25, 0.3) is 112 Å². The molecule has 4 heteroatoms. The Balaban J connectivity index is 0.970. The number of hydrogen-bond acceptors (Lipinski definition) is 3. The maximum absolute atomic E-state index is 6.64. The summed E-state index contributed by atoms with van der Waals surface area (Å²) in [6.07, 6.45) is 0. The molecule has 242 valence electrons. The van der Waals surface area contributed by atoms with Crippen molar-refractivity contribution in [1.29, 1.82) is 0 Å². The highest BCUT2D eigenvalue weighted by Gasteiger charge is 2.17. The molecule has 0 aliphatic rings. The van der Waals surface area contributed by atoms with Crippen LogP contribution in [-0.2, 0) is 0 Å². The molecule has 0 saturated carbocycles. The summed E-state index contributed by atoms with van der Waals surface area (Å²) < 4.78 is 14.3. The van der Waals surface area contributed by atoms with Crippen LogP contribution in [0, 0.1) is 0 Å². The minimum absolute atomic E-state index is 0.892. The number of benzene rings is 8. The fourth-order valence-electron chi connectivity index (χ4n) is 8.33. The van der Waals surface area contributed by atoms with Gasteiger partial charge in [0.25, 0.3) is 0 Å². The zero-order chi connectivity index (χ0) is 33.9. The Bertz CT molecular complexity index is 3430. The molecule has 0 aliphatic heterocycles. The number of fused-ring (bicyclic) bond motifs is 12. The van der Waals surface area contributed by atoms with Gasteiger partial charge in [0.05, 0.1) is 11.0 Å². The van der Waals surface area contributed by atoms with E-state index in [1.54, 1.807) is 0 Å². The zero-order valence-corrected chi connectivity index (χ0v) is 29.4. The van der Waals surface area contributed by atoms with E-state index in [2.05, 4.69) is 168 Å². The Morgan fingerprint density at radius 2 is 0.846 bits per heavy atom. The van der Waals surface area contributed by atoms with Gasteiger partial charge in [-0.3, -0.25) is 0 Å². The van der Waals surface area contributed by atoms with Gasteiger partial charge in [0.15, 0.2) is 0 Å². The number of aromatic nitrogens is 1. The molecule has 0 fully saturated rings. The molecule has 12 aromatic rings. The molecule has 0 amide bonds. The molecule has 2 nitrogen and oxygen atoms in total. The summed E-state index contributed by atoms with van der Waals surface area (Å²) in [4.78, 5) is 0. The highest BCUT2D eigenvalue weighted by molar-refractivity contribution is 7.26. The highest BCUT2D eigenvalue weighted by Crippen LogP contribution is 2.41. The van der Waals surface area contributed by atoms with Crippen LogP contribution in [0.1, 0.15) is 0 Å². The second-order valence-corrected chi connectivity index (χ2v) is 15.9. The predicted molar refractivity (Wildman–Crippen MR) is 225 cm³/mol. The average molecular weight is 698 g/mol. The molecule has 52 heavy (non-hydrogen) atoms. The summed E-state index contributed by atoms with van der Waals surface area (Å²) in [6, 6.07) is 60.0. The maximum atomic E-state index is 6.64. The zero-order valence-electron chi connectivity index (χ0n) is 27.8. The topological polar surface area (TPSA) is 18.1 Å². The molecule has 12 rings (SSSR count). The second-order valence-electron chi connectivity index (χ2n) is 13.7. The van der Waals surface area contributed by atoms with Crippen molar-refractivity contribution >= 4 is 107 Å². The summed E-state index contributed by atoms with van der Waals surface area (Å²) >= 11 is 3.72. The Hall–Kier alpha value is -6.20. The summed E-state index contributed by atoms with van der Waals surface area (Å²) in [6.45, 7) is 0. The van der Waals surface area contributed by atoms with Crippen LogP contribution in [0.2, 0.25) is 0 Å². The van der Waals surface area contributed by atoms with Crippen molar-refractivity contribution in [3.05, 3.63) is 164 Å². The average Bonchev–Trinajstić information content (AvgIpc) is 3.95. The van der Waals surface area contributed by atoms with E-state index in [1.807, 2.05) is 22.7 Å². The number of furan rings is 1. The van der Waals surface area contributed by atoms with E-state index in [0.717, 1.165) is 33.2 Å². The third-order valence-corrected chi connectivity index (χ3v) is 13.1. The van der Waals surface area contributed by atoms with E-state index in [4.69, 9.17) is 4.42 Å². The minimum atomic E-state index is 0.892. The lowest BCUT2D eigenvalue weighted by molar-refractivity contribution is 0.669. The van der Waals surface area contributed by atoms with Crippen molar-refractivity contribution in [1.82, 2.24) is 4.57 Å². The number of thiophene rings is 2. The Morgan fingerprint density at radius 3 is 1.67 bits per heavy atom. The summed E-state index contributed by atoms with van der Waals surface area (Å²) in [5.74, 6) is 0. The molecule has 0 spiro atoms. The van der Waals surface area contributed by atoms with Gasteiger partial charge in [-0.05, 0) is 95.1 Å². The number of nitrogens with zero attached hydrogens (tertiary/aromatic N) is 1. The lowest BCUT2D eigenvalue weighted by Gasteiger charge is -2.08. The van der Waals surface area contributed by atoms with E-state index in [0.29, 0.717) is 0 Å². The summed E-state index contributed by atoms with van der Waals surface area (Å²) in [5.41, 5.74) is 10.1. The summed E-state index contributed by atoms with van der Waals surface area (Å²) in [7, 11) is 0. The Kier molecular flexibility index (Phi) is 5.84. The van der Waals surface area contributed by atoms with Crippen LogP contribution in [0.5, 0.6) is 0 Å². The van der Waals surface area contributed by atoms with Crippen molar-refractivity contribution in [2.24, 2.45) is 0 Å². The third-order valence-electron chi connectivity index (χ3n) is 10.8. The van der Waals surface area contributed by atoms with Crippen molar-refractivity contribution in [2.45, 2.75) is 0 Å². The standard InChI is InChI=1S/C48H27NOS2/c1-4-10-41-33(7-1)39-23-28(29-16-22-47-40(24-29)37-9-3-6-12-46(37)51-47)15-21-42(39)49(41)32-17-20-35-34-18-13-30(25-43(34)50-44(35)27-32)31-14-19-38-36-8-2-5-11-45(36)52-48(38)26-31/h1-27H. The van der Waals surface area contributed by atoms with Gasteiger partial charge in [-0.15, -0.1) is 22.7 Å². The van der Waals surface area contributed by atoms with E-state index in [9.17, 15) is 0 Å². The number of hydrogen-bond donors (Lipinski definition) is 0. The number of rotatable bonds is 3. The van der Waals surface area contributed by atoms with Gasteiger partial charge in [-0.25, -0.2) is 0 Å². The maximum Gasteiger partial charge on any atom is 0.137 e. The first-order valence-corrected chi connectivity index (χ1v) is 19.2. The number of para-hydroxylation sites is 1. The van der Waals surface area contributed by atoms with Crippen LogP contribution >= 0.6 is 22.7 Å². The van der Waals surface area contributed by atoms with E-state index >= 15 is 0 Å². The van der Waals surface area contributed by atoms with E-state index in [-0.39, 0.29) is 0 Å². The third kappa shape index (κ3) is 4.11. The van der Waals surface area contributed by atoms with Gasteiger partial charge in [-0.1, -0.05) is 84.9 Å². The SMILES string of the molecule is c1ccc2c(c1)sc1cc(-c3ccc4c(c3)oc3cc(-n5c6ccccc6c6cc(-c7ccc8sc9ccccc9c8c7)ccc65)ccc34)ccc12. The van der Waals surface area contributed by atoms with Crippen molar-refractivity contribution in [3.8, 4) is 27.9 Å². The molecule has 4 aromatic heterocycles. The van der Waals surface area contributed by atoms with Crippen LogP contribution in [0.4, 0.5) is 0 Å². The van der Waals surface area contributed by atoms with Crippen LogP contribution in [0.3, 0.4) is 0 Å². The summed E-state index contributed by atoms with van der Waals surface area (Å²) in [5, 5.41) is 10.0. The van der Waals surface area contributed by atoms with Crippen LogP contribution in [0.15, 0.2) is 168 Å². The molecule has 0 bridgehead atoms. The van der Waals surface area contributed by atoms with Gasteiger partial charge >= 0.3 is 0 Å². The predicted octanol–water partition coefficient (Wildman–Crippen LogP) is 14.8. The molecule has 0 radical (unpaired) electrons. The molecule has 8 aromatic carbocycles. The van der Waals surface area contributed by atoms with E-state index in [1.165, 1.54) is 78.8 Å². The molecule has 0 atom stereocenters. The minimum Gasteiger partial charge on any atom is -0.456 e.